The Morgan fingerprint density at radius 2 is 2.16 bits per heavy atom. The van der Waals surface area contributed by atoms with Crippen LogP contribution in [-0.4, -0.2) is 43.0 Å². The van der Waals surface area contributed by atoms with E-state index in [-0.39, 0.29) is 18.0 Å². The molecule has 19 heavy (non-hydrogen) atoms. The van der Waals surface area contributed by atoms with E-state index in [2.05, 4.69) is 23.8 Å². The summed E-state index contributed by atoms with van der Waals surface area (Å²) in [6, 6.07) is 0.142. The van der Waals surface area contributed by atoms with Crippen LogP contribution in [0.15, 0.2) is 36.0 Å². The van der Waals surface area contributed by atoms with Gasteiger partial charge in [0, 0.05) is 17.7 Å². The van der Waals surface area contributed by atoms with Crippen molar-refractivity contribution in [3.8, 4) is 0 Å². The lowest BCUT2D eigenvalue weighted by atomic mass is 10.0. The number of amides is 1. The average Bonchev–Trinajstić information content (AvgIpc) is 2.56. The molecule has 2 rings (SSSR count). The second kappa shape index (κ2) is 6.17. The van der Waals surface area contributed by atoms with Crippen molar-refractivity contribution in [2.45, 2.75) is 31.3 Å². The van der Waals surface area contributed by atoms with Gasteiger partial charge in [-0.1, -0.05) is 30.4 Å². The molecule has 1 fully saturated rings. The summed E-state index contributed by atoms with van der Waals surface area (Å²) in [6.07, 6.45) is 8.28. The number of rotatable bonds is 2. The maximum absolute atomic E-state index is 12.2. The highest BCUT2D eigenvalue weighted by atomic mass is 16.1. The van der Waals surface area contributed by atoms with E-state index in [0.29, 0.717) is 12.0 Å². The van der Waals surface area contributed by atoms with Gasteiger partial charge < -0.3 is 16.0 Å². The largest absolute Gasteiger partial charge is 0.349 e. The molecule has 1 aliphatic carbocycles. The Morgan fingerprint density at radius 3 is 2.84 bits per heavy atom. The topological polar surface area (TPSA) is 58.4 Å². The average molecular weight is 261 g/mol. The zero-order valence-corrected chi connectivity index (χ0v) is 11.6. The van der Waals surface area contributed by atoms with Gasteiger partial charge in [-0.2, -0.15) is 0 Å². The Balaban J connectivity index is 1.93. The van der Waals surface area contributed by atoms with Gasteiger partial charge in [0.15, 0.2) is 0 Å². The Labute approximate surface area is 115 Å². The minimum atomic E-state index is -0.148. The molecule has 0 bridgehead atoms. The smallest absolute Gasteiger partial charge is 0.251 e. The monoisotopic (exact) mass is 261 g/mol. The fourth-order valence-corrected chi connectivity index (χ4v) is 2.38. The number of carbonyl (C=O) groups is 1. The summed E-state index contributed by atoms with van der Waals surface area (Å²) in [5, 5.41) is 3.11. The Bertz CT molecular complexity index is 417. The van der Waals surface area contributed by atoms with Crippen molar-refractivity contribution in [3.63, 3.8) is 0 Å². The minimum Gasteiger partial charge on any atom is -0.349 e. The third kappa shape index (κ3) is 3.78. The first-order valence-corrected chi connectivity index (χ1v) is 6.87. The van der Waals surface area contributed by atoms with Crippen molar-refractivity contribution in [1.82, 2.24) is 10.2 Å². The number of hydrogen-bond donors (Lipinski definition) is 2. The molecule has 1 unspecified atom stereocenters. The molecular weight excluding hydrogens is 238 g/mol. The van der Waals surface area contributed by atoms with Gasteiger partial charge in [0.1, 0.15) is 0 Å². The predicted molar refractivity (Wildman–Crippen MR) is 77.6 cm³/mol. The number of nitrogens with one attached hydrogen (secondary N) is 1. The summed E-state index contributed by atoms with van der Waals surface area (Å²) in [5.74, 6) is 0.00713. The summed E-state index contributed by atoms with van der Waals surface area (Å²) in [7, 11) is 2.11. The lowest BCUT2D eigenvalue weighted by Gasteiger charge is -2.29. The molecule has 3 N–H and O–H groups in total. The Kier molecular flexibility index (Phi) is 4.56. The van der Waals surface area contributed by atoms with E-state index in [1.54, 1.807) is 0 Å². The van der Waals surface area contributed by atoms with Crippen LogP contribution in [-0.2, 0) is 4.79 Å². The van der Waals surface area contributed by atoms with E-state index >= 15 is 0 Å². The molecule has 1 amide bonds. The molecular formula is C15H23N3O. The van der Waals surface area contributed by atoms with E-state index in [9.17, 15) is 4.79 Å². The molecule has 1 heterocycles. The molecule has 104 valence electrons. The first-order valence-electron chi connectivity index (χ1n) is 6.87. The predicted octanol–water partition coefficient (Wildman–Crippen LogP) is 0.967. The SMILES string of the molecule is C=C1CC=C(C(=O)NC2CCN(C)CC2)C=CC1N. The first kappa shape index (κ1) is 14.0. The number of piperidine rings is 1. The van der Waals surface area contributed by atoms with E-state index < -0.39 is 0 Å². The fraction of sp³-hybridized carbons (Fsp3) is 0.533. The van der Waals surface area contributed by atoms with E-state index in [0.717, 1.165) is 31.5 Å². The second-order valence-corrected chi connectivity index (χ2v) is 5.46. The summed E-state index contributed by atoms with van der Waals surface area (Å²) in [4.78, 5) is 14.5. The van der Waals surface area contributed by atoms with E-state index in [4.69, 9.17) is 5.73 Å². The molecule has 0 aromatic heterocycles. The Morgan fingerprint density at radius 1 is 1.47 bits per heavy atom. The van der Waals surface area contributed by atoms with Crippen LogP contribution >= 0.6 is 0 Å². The van der Waals surface area contributed by atoms with Crippen molar-refractivity contribution in [3.05, 3.63) is 36.0 Å². The number of likely N-dealkylation sites (tertiary alicyclic amines) is 1. The fourth-order valence-electron chi connectivity index (χ4n) is 2.38. The summed E-state index contributed by atoms with van der Waals surface area (Å²) in [5.41, 5.74) is 7.53. The molecule has 2 aliphatic rings. The highest BCUT2D eigenvalue weighted by molar-refractivity contribution is 5.96. The van der Waals surface area contributed by atoms with E-state index in [1.807, 2.05) is 18.2 Å². The molecule has 1 saturated heterocycles. The summed E-state index contributed by atoms with van der Waals surface area (Å²) < 4.78 is 0. The van der Waals surface area contributed by atoms with Crippen molar-refractivity contribution in [2.75, 3.05) is 20.1 Å². The third-order valence-corrected chi connectivity index (χ3v) is 3.85. The summed E-state index contributed by atoms with van der Waals surface area (Å²) >= 11 is 0. The highest BCUT2D eigenvalue weighted by Gasteiger charge is 2.20. The molecule has 0 radical (unpaired) electrons. The van der Waals surface area contributed by atoms with Gasteiger partial charge in [-0.25, -0.2) is 0 Å². The maximum Gasteiger partial charge on any atom is 0.251 e. The molecule has 0 aromatic carbocycles. The van der Waals surface area contributed by atoms with Crippen LogP contribution in [0.4, 0.5) is 0 Å². The summed E-state index contributed by atoms with van der Waals surface area (Å²) in [6.45, 7) is 6.00. The lowest BCUT2D eigenvalue weighted by molar-refractivity contribution is -0.118. The van der Waals surface area contributed by atoms with Gasteiger partial charge in [-0.3, -0.25) is 4.79 Å². The zero-order valence-electron chi connectivity index (χ0n) is 11.6. The van der Waals surface area contributed by atoms with Crippen LogP contribution < -0.4 is 11.1 Å². The van der Waals surface area contributed by atoms with Crippen LogP contribution in [0.25, 0.3) is 0 Å². The van der Waals surface area contributed by atoms with Crippen LogP contribution in [0, 0.1) is 0 Å². The van der Waals surface area contributed by atoms with Gasteiger partial charge in [-0.15, -0.1) is 0 Å². The van der Waals surface area contributed by atoms with Crippen LogP contribution in [0.1, 0.15) is 19.3 Å². The van der Waals surface area contributed by atoms with Crippen molar-refractivity contribution in [1.29, 1.82) is 0 Å². The van der Waals surface area contributed by atoms with Gasteiger partial charge in [0.05, 0.1) is 0 Å². The van der Waals surface area contributed by atoms with Gasteiger partial charge in [0.25, 0.3) is 5.91 Å². The highest BCUT2D eigenvalue weighted by Crippen LogP contribution is 2.15. The van der Waals surface area contributed by atoms with Gasteiger partial charge in [0.2, 0.25) is 0 Å². The van der Waals surface area contributed by atoms with Gasteiger partial charge >= 0.3 is 0 Å². The van der Waals surface area contributed by atoms with E-state index in [1.165, 1.54) is 0 Å². The lowest BCUT2D eigenvalue weighted by Crippen LogP contribution is -2.43. The molecule has 1 aliphatic heterocycles. The van der Waals surface area contributed by atoms with Crippen LogP contribution in [0.3, 0.4) is 0 Å². The first-order chi connectivity index (χ1) is 9.06. The number of hydrogen-bond acceptors (Lipinski definition) is 3. The molecule has 4 nitrogen and oxygen atoms in total. The molecule has 4 heteroatoms. The Hall–Kier alpha value is -1.39. The second-order valence-electron chi connectivity index (χ2n) is 5.46. The molecule has 0 saturated carbocycles. The zero-order chi connectivity index (χ0) is 13.8. The third-order valence-electron chi connectivity index (χ3n) is 3.85. The van der Waals surface area contributed by atoms with Gasteiger partial charge in [-0.05, 0) is 39.4 Å². The van der Waals surface area contributed by atoms with Crippen molar-refractivity contribution < 1.29 is 4.79 Å². The maximum atomic E-state index is 12.2. The quantitative estimate of drug-likeness (QED) is 0.728. The van der Waals surface area contributed by atoms with Crippen molar-refractivity contribution in [2.24, 2.45) is 5.73 Å². The normalized spacial score (nSPS) is 25.9. The molecule has 1 atom stereocenters. The standard InChI is InChI=1S/C15H23N3O/c1-11-3-4-12(5-6-14(11)16)15(19)17-13-7-9-18(2)10-8-13/h4-6,13-14H,1,3,7-10,16H2,2H3,(H,17,19). The minimum absolute atomic E-state index is 0.00713. The van der Waals surface area contributed by atoms with Crippen LogP contribution in [0.2, 0.25) is 0 Å². The number of nitrogens with two attached hydrogens (primary N) is 1. The molecule has 0 spiro atoms. The number of allylic oxidation sites excluding steroid dienone is 1. The number of carbonyl (C=O) groups excluding carboxylic acids is 1. The molecule has 0 aromatic rings. The number of nitrogens with zero attached hydrogens (tertiary/aromatic N) is 1. The van der Waals surface area contributed by atoms with Crippen molar-refractivity contribution >= 4 is 5.91 Å². The van der Waals surface area contributed by atoms with Crippen LogP contribution in [0.5, 0.6) is 0 Å².